The van der Waals surface area contributed by atoms with Crippen molar-refractivity contribution in [3.63, 3.8) is 0 Å². The van der Waals surface area contributed by atoms with E-state index in [9.17, 15) is 4.39 Å². The molecule has 1 atom stereocenters. The molecule has 5 heteroatoms. The predicted molar refractivity (Wildman–Crippen MR) is 82.5 cm³/mol. The van der Waals surface area contributed by atoms with Crippen LogP contribution < -0.4 is 5.73 Å². The standard InChI is InChI=1S/C15H13FN2S2/c16-11-5-3-10(4-6-11)12(17)8-15-18-13(9-20-15)14-2-1-7-19-14/h1-7,9,12H,8,17H2. The zero-order valence-corrected chi connectivity index (χ0v) is 12.3. The van der Waals surface area contributed by atoms with Gasteiger partial charge in [0.2, 0.25) is 0 Å². The number of thiophene rings is 1. The lowest BCUT2D eigenvalue weighted by atomic mass is 10.1. The lowest BCUT2D eigenvalue weighted by Crippen LogP contribution is -2.13. The second kappa shape index (κ2) is 5.83. The zero-order valence-electron chi connectivity index (χ0n) is 10.6. The molecule has 1 aromatic carbocycles. The van der Waals surface area contributed by atoms with Gasteiger partial charge in [-0.15, -0.1) is 22.7 Å². The zero-order chi connectivity index (χ0) is 13.9. The Hall–Kier alpha value is -1.56. The molecule has 2 heterocycles. The summed E-state index contributed by atoms with van der Waals surface area (Å²) >= 11 is 3.29. The maximum Gasteiger partial charge on any atom is 0.123 e. The average Bonchev–Trinajstić information content (AvgIpc) is 3.09. The van der Waals surface area contributed by atoms with Crippen LogP contribution in [0.1, 0.15) is 16.6 Å². The molecule has 1 unspecified atom stereocenters. The number of thiazole rings is 1. The number of rotatable bonds is 4. The van der Waals surface area contributed by atoms with Crippen molar-refractivity contribution in [1.82, 2.24) is 4.98 Å². The quantitative estimate of drug-likeness (QED) is 0.782. The Bertz CT molecular complexity index is 674. The molecule has 0 spiro atoms. The molecular formula is C15H13FN2S2. The maximum absolute atomic E-state index is 12.9. The first kappa shape index (κ1) is 13.4. The van der Waals surface area contributed by atoms with E-state index < -0.39 is 0 Å². The molecular weight excluding hydrogens is 291 g/mol. The van der Waals surface area contributed by atoms with Gasteiger partial charge in [0.25, 0.3) is 0 Å². The summed E-state index contributed by atoms with van der Waals surface area (Å²) in [5.41, 5.74) is 8.09. The van der Waals surface area contributed by atoms with Gasteiger partial charge in [-0.05, 0) is 29.1 Å². The molecule has 0 aliphatic rings. The number of hydrogen-bond acceptors (Lipinski definition) is 4. The Morgan fingerprint density at radius 1 is 1.15 bits per heavy atom. The van der Waals surface area contributed by atoms with Crippen LogP contribution in [-0.4, -0.2) is 4.98 Å². The van der Waals surface area contributed by atoms with Crippen LogP contribution in [0.15, 0.2) is 47.2 Å². The van der Waals surface area contributed by atoms with Crippen molar-refractivity contribution in [2.75, 3.05) is 0 Å². The summed E-state index contributed by atoms with van der Waals surface area (Å²) in [6.45, 7) is 0. The van der Waals surface area contributed by atoms with Crippen LogP contribution in [0.25, 0.3) is 10.6 Å². The number of nitrogens with zero attached hydrogens (tertiary/aromatic N) is 1. The van der Waals surface area contributed by atoms with Crippen LogP contribution in [-0.2, 0) is 6.42 Å². The smallest absolute Gasteiger partial charge is 0.123 e. The summed E-state index contributed by atoms with van der Waals surface area (Å²) in [5, 5.41) is 5.10. The van der Waals surface area contributed by atoms with Gasteiger partial charge in [-0.3, -0.25) is 0 Å². The molecule has 0 saturated heterocycles. The van der Waals surface area contributed by atoms with Crippen molar-refractivity contribution < 1.29 is 4.39 Å². The van der Waals surface area contributed by atoms with Gasteiger partial charge in [-0.1, -0.05) is 18.2 Å². The van der Waals surface area contributed by atoms with Gasteiger partial charge in [0.1, 0.15) is 5.82 Å². The topological polar surface area (TPSA) is 38.9 Å². The Morgan fingerprint density at radius 3 is 2.65 bits per heavy atom. The van der Waals surface area contributed by atoms with E-state index in [0.29, 0.717) is 6.42 Å². The van der Waals surface area contributed by atoms with E-state index >= 15 is 0 Å². The fourth-order valence-electron chi connectivity index (χ4n) is 1.96. The number of hydrogen-bond donors (Lipinski definition) is 1. The molecule has 0 bridgehead atoms. The van der Waals surface area contributed by atoms with Crippen LogP contribution in [0, 0.1) is 5.82 Å². The van der Waals surface area contributed by atoms with Crippen LogP contribution in [0.3, 0.4) is 0 Å². The molecule has 3 aromatic rings. The van der Waals surface area contributed by atoms with E-state index in [4.69, 9.17) is 5.73 Å². The number of aromatic nitrogens is 1. The number of halogens is 1. The van der Waals surface area contributed by atoms with Crippen molar-refractivity contribution in [2.45, 2.75) is 12.5 Å². The lowest BCUT2D eigenvalue weighted by Gasteiger charge is -2.09. The SMILES string of the molecule is NC(Cc1nc(-c2cccs2)cs1)c1ccc(F)cc1. The van der Waals surface area contributed by atoms with Gasteiger partial charge in [0, 0.05) is 17.8 Å². The normalized spacial score (nSPS) is 12.5. The summed E-state index contributed by atoms with van der Waals surface area (Å²) in [4.78, 5) is 5.78. The minimum Gasteiger partial charge on any atom is -0.324 e. The van der Waals surface area contributed by atoms with Gasteiger partial charge < -0.3 is 5.73 Å². The van der Waals surface area contributed by atoms with Crippen LogP contribution in [0.2, 0.25) is 0 Å². The molecule has 0 fully saturated rings. The molecule has 20 heavy (non-hydrogen) atoms. The third-order valence-corrected chi connectivity index (χ3v) is 4.78. The highest BCUT2D eigenvalue weighted by Crippen LogP contribution is 2.27. The van der Waals surface area contributed by atoms with E-state index in [2.05, 4.69) is 16.4 Å². The molecule has 0 amide bonds. The summed E-state index contributed by atoms with van der Waals surface area (Å²) in [6.07, 6.45) is 0.668. The third-order valence-electron chi connectivity index (χ3n) is 3.02. The maximum atomic E-state index is 12.9. The Balaban J connectivity index is 1.73. The minimum absolute atomic E-state index is 0.155. The average molecular weight is 304 g/mol. The summed E-state index contributed by atoms with van der Waals surface area (Å²) < 4.78 is 12.9. The van der Waals surface area contributed by atoms with Crippen molar-refractivity contribution in [3.05, 3.63) is 63.5 Å². The highest BCUT2D eigenvalue weighted by molar-refractivity contribution is 7.14. The molecule has 102 valence electrons. The van der Waals surface area contributed by atoms with Crippen molar-refractivity contribution in [1.29, 1.82) is 0 Å². The first-order valence-corrected chi connectivity index (χ1v) is 7.97. The first-order chi connectivity index (χ1) is 9.72. The van der Waals surface area contributed by atoms with Gasteiger partial charge in [0.15, 0.2) is 0 Å². The monoisotopic (exact) mass is 304 g/mol. The summed E-state index contributed by atoms with van der Waals surface area (Å²) in [7, 11) is 0. The van der Waals surface area contributed by atoms with Gasteiger partial charge in [0.05, 0.1) is 15.6 Å². The fourth-order valence-corrected chi connectivity index (χ4v) is 3.57. The highest BCUT2D eigenvalue weighted by atomic mass is 32.1. The van der Waals surface area contributed by atoms with Crippen LogP contribution >= 0.6 is 22.7 Å². The third kappa shape index (κ3) is 2.95. The molecule has 2 nitrogen and oxygen atoms in total. The van der Waals surface area contributed by atoms with Crippen molar-refractivity contribution in [2.24, 2.45) is 5.73 Å². The molecule has 2 aromatic heterocycles. The van der Waals surface area contributed by atoms with E-state index in [0.717, 1.165) is 16.3 Å². The van der Waals surface area contributed by atoms with Crippen LogP contribution in [0.4, 0.5) is 4.39 Å². The largest absolute Gasteiger partial charge is 0.324 e. The highest BCUT2D eigenvalue weighted by Gasteiger charge is 2.11. The number of benzene rings is 1. The van der Waals surface area contributed by atoms with E-state index in [1.165, 1.54) is 17.0 Å². The van der Waals surface area contributed by atoms with Crippen LogP contribution in [0.5, 0.6) is 0 Å². The van der Waals surface area contributed by atoms with Gasteiger partial charge in [-0.25, -0.2) is 9.37 Å². The van der Waals surface area contributed by atoms with E-state index in [-0.39, 0.29) is 11.9 Å². The number of nitrogens with two attached hydrogens (primary N) is 1. The minimum atomic E-state index is -0.241. The molecule has 2 N–H and O–H groups in total. The lowest BCUT2D eigenvalue weighted by molar-refractivity contribution is 0.624. The van der Waals surface area contributed by atoms with Crippen molar-refractivity contribution in [3.8, 4) is 10.6 Å². The fraction of sp³-hybridized carbons (Fsp3) is 0.133. The molecule has 0 aliphatic carbocycles. The summed E-state index contributed by atoms with van der Waals surface area (Å²) in [5.74, 6) is -0.241. The molecule has 0 saturated carbocycles. The van der Waals surface area contributed by atoms with E-state index in [1.807, 2.05) is 11.4 Å². The summed E-state index contributed by atoms with van der Waals surface area (Å²) in [6, 6.07) is 10.3. The second-order valence-corrected chi connectivity index (χ2v) is 6.36. The Kier molecular flexibility index (Phi) is 3.91. The Labute approximate surface area is 124 Å². The molecule has 0 radical (unpaired) electrons. The van der Waals surface area contributed by atoms with Gasteiger partial charge in [-0.2, -0.15) is 0 Å². The second-order valence-electron chi connectivity index (χ2n) is 4.47. The first-order valence-electron chi connectivity index (χ1n) is 6.22. The molecule has 3 rings (SSSR count). The molecule has 0 aliphatic heterocycles. The van der Waals surface area contributed by atoms with E-state index in [1.54, 1.807) is 34.8 Å². The van der Waals surface area contributed by atoms with Crippen molar-refractivity contribution >= 4 is 22.7 Å². The Morgan fingerprint density at radius 2 is 1.95 bits per heavy atom. The van der Waals surface area contributed by atoms with Gasteiger partial charge >= 0.3 is 0 Å². The predicted octanol–water partition coefficient (Wildman–Crippen LogP) is 4.25.